The maximum Gasteiger partial charge on any atom is 0.523 e. The van der Waals surface area contributed by atoms with Gasteiger partial charge in [-0.2, -0.15) is 21.6 Å². The largest absolute Gasteiger partial charge is 0.523 e. The normalized spacial score (nSPS) is 19.4. The van der Waals surface area contributed by atoms with Crippen molar-refractivity contribution in [1.82, 2.24) is 0 Å². The Labute approximate surface area is 109 Å². The second-order valence-electron chi connectivity index (χ2n) is 4.39. The Morgan fingerprint density at radius 3 is 2.26 bits per heavy atom. The van der Waals surface area contributed by atoms with Gasteiger partial charge in [-0.3, -0.25) is 0 Å². The van der Waals surface area contributed by atoms with E-state index in [0.29, 0.717) is 0 Å². The van der Waals surface area contributed by atoms with Crippen LogP contribution in [0.25, 0.3) is 0 Å². The van der Waals surface area contributed by atoms with E-state index in [1.54, 1.807) is 0 Å². The monoisotopic (exact) mass is 304 g/mol. The maximum absolute atomic E-state index is 12.2. The fourth-order valence-corrected chi connectivity index (χ4v) is 2.63. The molecule has 112 valence electrons. The summed E-state index contributed by atoms with van der Waals surface area (Å²) < 4.78 is 66.7. The van der Waals surface area contributed by atoms with E-state index >= 15 is 0 Å². The molecule has 0 saturated heterocycles. The zero-order chi connectivity index (χ0) is 14.7. The summed E-state index contributed by atoms with van der Waals surface area (Å²) in [7, 11) is -4.83. The average molecular weight is 304 g/mol. The van der Waals surface area contributed by atoms with Gasteiger partial charge >= 0.3 is 21.6 Å². The number of methoxy groups -OCH3 is 1. The van der Waals surface area contributed by atoms with Crippen molar-refractivity contribution in [3.05, 3.63) is 0 Å². The zero-order valence-electron chi connectivity index (χ0n) is 10.3. The van der Waals surface area contributed by atoms with E-state index in [1.807, 2.05) is 0 Å². The minimum atomic E-state index is -5.79. The molecule has 1 fully saturated rings. The second kappa shape index (κ2) is 6.08. The zero-order valence-corrected chi connectivity index (χ0v) is 11.1. The molecule has 1 atom stereocenters. The summed E-state index contributed by atoms with van der Waals surface area (Å²) in [6, 6.07) is 0. The van der Waals surface area contributed by atoms with Gasteiger partial charge in [-0.1, -0.05) is 25.7 Å². The van der Waals surface area contributed by atoms with E-state index in [0.717, 1.165) is 32.8 Å². The lowest BCUT2D eigenvalue weighted by Crippen LogP contribution is -2.35. The van der Waals surface area contributed by atoms with Crippen molar-refractivity contribution in [1.29, 1.82) is 0 Å². The van der Waals surface area contributed by atoms with Gasteiger partial charge in [0, 0.05) is 0 Å². The number of hydrogen-bond donors (Lipinski definition) is 0. The topological polar surface area (TPSA) is 69.7 Å². The molecule has 0 bridgehead atoms. The lowest BCUT2D eigenvalue weighted by atomic mass is 10.0. The highest BCUT2D eigenvalue weighted by atomic mass is 32.2. The molecular weight excluding hydrogens is 289 g/mol. The van der Waals surface area contributed by atoms with Gasteiger partial charge in [0.1, 0.15) is 0 Å². The summed E-state index contributed by atoms with van der Waals surface area (Å²) >= 11 is 0. The van der Waals surface area contributed by atoms with Gasteiger partial charge in [0.25, 0.3) is 0 Å². The quantitative estimate of drug-likeness (QED) is 0.441. The van der Waals surface area contributed by atoms with Crippen molar-refractivity contribution in [2.24, 2.45) is 5.92 Å². The first kappa shape index (κ1) is 16.2. The van der Waals surface area contributed by atoms with Gasteiger partial charge in [0.05, 0.1) is 7.11 Å². The van der Waals surface area contributed by atoms with Crippen LogP contribution in [0.2, 0.25) is 0 Å². The SMILES string of the molecule is COC(=O)C(CC1CCCC1)OS(=O)(=O)C(F)(F)F. The van der Waals surface area contributed by atoms with Crippen molar-refractivity contribution in [3.63, 3.8) is 0 Å². The van der Waals surface area contributed by atoms with Crippen LogP contribution in [0.1, 0.15) is 32.1 Å². The second-order valence-corrected chi connectivity index (χ2v) is 5.96. The van der Waals surface area contributed by atoms with Crippen LogP contribution in [0.5, 0.6) is 0 Å². The standard InChI is InChI=1S/C10H15F3O5S/c1-17-9(14)8(6-7-4-2-3-5-7)18-19(15,16)10(11,12)13/h7-8H,2-6H2,1H3. The minimum Gasteiger partial charge on any atom is -0.467 e. The van der Waals surface area contributed by atoms with E-state index in [9.17, 15) is 26.4 Å². The van der Waals surface area contributed by atoms with Crippen LogP contribution in [-0.2, 0) is 23.8 Å². The first-order chi connectivity index (χ1) is 8.67. The van der Waals surface area contributed by atoms with Crippen LogP contribution in [0.15, 0.2) is 0 Å². The summed E-state index contributed by atoms with van der Waals surface area (Å²) in [5.74, 6) is -1.13. The van der Waals surface area contributed by atoms with Crippen LogP contribution in [0.3, 0.4) is 0 Å². The molecule has 0 amide bonds. The van der Waals surface area contributed by atoms with Crippen LogP contribution in [0, 0.1) is 5.92 Å². The molecule has 0 aromatic heterocycles. The van der Waals surface area contributed by atoms with Crippen molar-refractivity contribution in [2.45, 2.75) is 43.7 Å². The van der Waals surface area contributed by atoms with Gasteiger partial charge in [-0.25, -0.2) is 8.98 Å². The highest BCUT2D eigenvalue weighted by Crippen LogP contribution is 2.32. The van der Waals surface area contributed by atoms with E-state index in [4.69, 9.17) is 0 Å². The van der Waals surface area contributed by atoms with E-state index < -0.39 is 27.7 Å². The first-order valence-corrected chi connectivity index (χ1v) is 7.15. The Hall–Kier alpha value is -0.830. The Balaban J connectivity index is 2.77. The lowest BCUT2D eigenvalue weighted by molar-refractivity contribution is -0.150. The number of hydrogen-bond acceptors (Lipinski definition) is 5. The fourth-order valence-electron chi connectivity index (χ4n) is 2.06. The number of rotatable bonds is 5. The van der Waals surface area contributed by atoms with Crippen LogP contribution < -0.4 is 0 Å². The van der Waals surface area contributed by atoms with Gasteiger partial charge in [0.15, 0.2) is 6.10 Å². The molecule has 1 aliphatic carbocycles. The molecule has 1 saturated carbocycles. The molecule has 0 spiro atoms. The van der Waals surface area contributed by atoms with Crippen molar-refractivity contribution in [3.8, 4) is 0 Å². The number of esters is 1. The summed E-state index contributed by atoms with van der Waals surface area (Å²) in [6.45, 7) is 0. The summed E-state index contributed by atoms with van der Waals surface area (Å²) in [5, 5.41) is 0. The molecule has 1 unspecified atom stereocenters. The lowest BCUT2D eigenvalue weighted by Gasteiger charge is -2.19. The summed E-state index contributed by atoms with van der Waals surface area (Å²) in [5.41, 5.74) is -5.55. The third-order valence-corrected chi connectivity index (χ3v) is 4.07. The van der Waals surface area contributed by atoms with Crippen molar-refractivity contribution in [2.75, 3.05) is 7.11 Å². The summed E-state index contributed by atoms with van der Waals surface area (Å²) in [6.07, 6.45) is 1.47. The molecule has 9 heteroatoms. The third-order valence-electron chi connectivity index (χ3n) is 3.01. The van der Waals surface area contributed by atoms with Gasteiger partial charge in [0.2, 0.25) is 0 Å². The molecule has 1 rings (SSSR count). The van der Waals surface area contributed by atoms with Crippen LogP contribution >= 0.6 is 0 Å². The number of carbonyl (C=O) groups is 1. The number of halogens is 3. The highest BCUT2D eigenvalue weighted by Gasteiger charge is 2.50. The summed E-state index contributed by atoms with van der Waals surface area (Å²) in [4.78, 5) is 11.3. The smallest absolute Gasteiger partial charge is 0.467 e. The highest BCUT2D eigenvalue weighted by molar-refractivity contribution is 7.87. The Morgan fingerprint density at radius 2 is 1.84 bits per heavy atom. The fraction of sp³-hybridized carbons (Fsp3) is 0.900. The van der Waals surface area contributed by atoms with E-state index in [-0.39, 0.29) is 12.3 Å². The predicted molar refractivity (Wildman–Crippen MR) is 58.4 cm³/mol. The first-order valence-electron chi connectivity index (χ1n) is 5.74. The molecule has 19 heavy (non-hydrogen) atoms. The molecule has 0 N–H and O–H groups in total. The number of alkyl halides is 3. The Bertz CT molecular complexity index is 411. The molecule has 1 aliphatic rings. The van der Waals surface area contributed by atoms with E-state index in [2.05, 4.69) is 8.92 Å². The predicted octanol–water partition coefficient (Wildman–Crippen LogP) is 1.97. The molecule has 5 nitrogen and oxygen atoms in total. The van der Waals surface area contributed by atoms with Crippen LogP contribution in [-0.4, -0.2) is 33.1 Å². The Morgan fingerprint density at radius 1 is 1.32 bits per heavy atom. The van der Waals surface area contributed by atoms with E-state index in [1.165, 1.54) is 0 Å². The Kier molecular flexibility index (Phi) is 5.19. The molecule has 0 aromatic rings. The van der Waals surface area contributed by atoms with Gasteiger partial charge < -0.3 is 4.74 Å². The molecular formula is C10H15F3O5S. The third kappa shape index (κ3) is 4.34. The van der Waals surface area contributed by atoms with Crippen molar-refractivity contribution >= 4 is 16.1 Å². The van der Waals surface area contributed by atoms with Gasteiger partial charge in [-0.05, 0) is 12.3 Å². The van der Waals surface area contributed by atoms with Crippen LogP contribution in [0.4, 0.5) is 13.2 Å². The van der Waals surface area contributed by atoms with Gasteiger partial charge in [-0.15, -0.1) is 0 Å². The molecule has 0 aliphatic heterocycles. The molecule has 0 heterocycles. The maximum atomic E-state index is 12.2. The number of ether oxygens (including phenoxy) is 1. The van der Waals surface area contributed by atoms with Crippen molar-refractivity contribution < 1.29 is 35.3 Å². The molecule has 0 radical (unpaired) electrons. The number of carbonyl (C=O) groups excluding carboxylic acids is 1. The average Bonchev–Trinajstić information content (AvgIpc) is 2.78. The molecule has 0 aromatic carbocycles. The minimum absolute atomic E-state index is 0.0208.